The second-order valence-corrected chi connectivity index (χ2v) is 3.96. The zero-order valence-corrected chi connectivity index (χ0v) is 9.07. The molecule has 5 heteroatoms. The van der Waals surface area contributed by atoms with Crippen molar-refractivity contribution < 1.29 is 4.74 Å². The quantitative estimate of drug-likeness (QED) is 0.855. The summed E-state index contributed by atoms with van der Waals surface area (Å²) in [5.41, 5.74) is 6.82. The predicted molar refractivity (Wildman–Crippen MR) is 58.9 cm³/mol. The molecule has 78 valence electrons. The van der Waals surface area contributed by atoms with E-state index in [2.05, 4.69) is 9.97 Å². The number of ether oxygens (including phenoxy) is 1. The van der Waals surface area contributed by atoms with Crippen LogP contribution in [0.4, 0.5) is 0 Å². The summed E-state index contributed by atoms with van der Waals surface area (Å²) in [6.07, 6.45) is 1.46. The van der Waals surface area contributed by atoms with Crippen LogP contribution in [0.2, 0.25) is 0 Å². The molecular weight excluding hydrogens is 210 g/mol. The number of hydrogen-bond acceptors (Lipinski definition) is 5. The molecule has 0 aromatic carbocycles. The first-order valence-corrected chi connectivity index (χ1v) is 5.34. The van der Waals surface area contributed by atoms with Crippen LogP contribution >= 0.6 is 11.3 Å². The summed E-state index contributed by atoms with van der Waals surface area (Å²) in [7, 11) is 1.57. The highest BCUT2D eigenvalue weighted by Crippen LogP contribution is 2.23. The van der Waals surface area contributed by atoms with E-state index in [9.17, 15) is 0 Å². The number of hydrogen-bond donors (Lipinski definition) is 1. The Kier molecular flexibility index (Phi) is 2.94. The van der Waals surface area contributed by atoms with Crippen molar-refractivity contribution >= 4 is 11.3 Å². The number of nitrogens with zero attached hydrogens (tertiary/aromatic N) is 2. The zero-order valence-electron chi connectivity index (χ0n) is 8.25. The Morgan fingerprint density at radius 2 is 2.33 bits per heavy atom. The Morgan fingerprint density at radius 3 is 3.00 bits per heavy atom. The molecule has 15 heavy (non-hydrogen) atoms. The second kappa shape index (κ2) is 4.37. The molecule has 2 heterocycles. The molecule has 1 atom stereocenters. The number of thiophene rings is 1. The summed E-state index contributed by atoms with van der Waals surface area (Å²) < 4.78 is 5.02. The van der Waals surface area contributed by atoms with E-state index < -0.39 is 0 Å². The van der Waals surface area contributed by atoms with Gasteiger partial charge in [-0.3, -0.25) is 0 Å². The van der Waals surface area contributed by atoms with Crippen LogP contribution in [-0.4, -0.2) is 17.1 Å². The van der Waals surface area contributed by atoms with Crippen molar-refractivity contribution in [2.45, 2.75) is 6.04 Å². The van der Waals surface area contributed by atoms with Crippen molar-refractivity contribution in [3.63, 3.8) is 0 Å². The van der Waals surface area contributed by atoms with E-state index in [0.717, 1.165) is 10.6 Å². The van der Waals surface area contributed by atoms with Gasteiger partial charge in [-0.05, 0) is 11.4 Å². The van der Waals surface area contributed by atoms with Gasteiger partial charge in [0, 0.05) is 10.9 Å². The minimum Gasteiger partial charge on any atom is -0.481 e. The van der Waals surface area contributed by atoms with Gasteiger partial charge < -0.3 is 10.5 Å². The summed E-state index contributed by atoms with van der Waals surface area (Å²) in [6.45, 7) is 0. The van der Waals surface area contributed by atoms with Crippen LogP contribution in [-0.2, 0) is 0 Å². The smallest absolute Gasteiger partial charge is 0.216 e. The summed E-state index contributed by atoms with van der Waals surface area (Å²) in [5.74, 6) is 0.534. The first-order valence-electron chi connectivity index (χ1n) is 4.46. The Bertz CT molecular complexity index is 430. The average molecular weight is 221 g/mol. The molecular formula is C10H11N3OS. The van der Waals surface area contributed by atoms with Crippen molar-refractivity contribution in [2.24, 2.45) is 5.73 Å². The standard InChI is InChI=1S/C10H11N3OS/c1-14-9-5-7(12-6-13-9)10(11)8-3-2-4-15-8/h2-6,10H,11H2,1H3. The first kappa shape index (κ1) is 10.1. The molecule has 2 aromatic heterocycles. The van der Waals surface area contributed by atoms with Crippen molar-refractivity contribution in [1.29, 1.82) is 0 Å². The van der Waals surface area contributed by atoms with Crippen LogP contribution in [0.5, 0.6) is 5.88 Å². The minimum atomic E-state index is -0.207. The van der Waals surface area contributed by atoms with Gasteiger partial charge in [0.15, 0.2) is 0 Å². The molecule has 0 saturated heterocycles. The molecule has 2 rings (SSSR count). The van der Waals surface area contributed by atoms with Gasteiger partial charge in [0.1, 0.15) is 6.33 Å². The van der Waals surface area contributed by atoms with Crippen molar-refractivity contribution in [3.05, 3.63) is 40.5 Å². The summed E-state index contributed by atoms with van der Waals surface area (Å²) in [4.78, 5) is 9.15. The summed E-state index contributed by atoms with van der Waals surface area (Å²) in [5, 5.41) is 1.99. The Morgan fingerprint density at radius 1 is 1.47 bits per heavy atom. The molecule has 0 bridgehead atoms. The third-order valence-corrected chi connectivity index (χ3v) is 3.00. The second-order valence-electron chi connectivity index (χ2n) is 2.98. The maximum Gasteiger partial charge on any atom is 0.216 e. The van der Waals surface area contributed by atoms with Crippen LogP contribution in [0, 0.1) is 0 Å². The van der Waals surface area contributed by atoms with Gasteiger partial charge in [0.25, 0.3) is 0 Å². The molecule has 2 N–H and O–H groups in total. The van der Waals surface area contributed by atoms with Gasteiger partial charge in [-0.2, -0.15) is 0 Å². The highest BCUT2D eigenvalue weighted by molar-refractivity contribution is 7.10. The number of rotatable bonds is 3. The van der Waals surface area contributed by atoms with Crippen molar-refractivity contribution in [3.8, 4) is 5.88 Å². The molecule has 4 nitrogen and oxygen atoms in total. The van der Waals surface area contributed by atoms with Gasteiger partial charge in [0.2, 0.25) is 5.88 Å². The van der Waals surface area contributed by atoms with Crippen molar-refractivity contribution in [1.82, 2.24) is 9.97 Å². The van der Waals surface area contributed by atoms with E-state index in [0.29, 0.717) is 5.88 Å². The van der Waals surface area contributed by atoms with Gasteiger partial charge in [-0.25, -0.2) is 9.97 Å². The maximum atomic E-state index is 6.05. The summed E-state index contributed by atoms with van der Waals surface area (Å²) in [6, 6.07) is 5.51. The van der Waals surface area contributed by atoms with E-state index in [1.54, 1.807) is 24.5 Å². The predicted octanol–water partition coefficient (Wildman–Crippen LogP) is 1.59. The lowest BCUT2D eigenvalue weighted by Gasteiger charge is -2.09. The number of aromatic nitrogens is 2. The van der Waals surface area contributed by atoms with E-state index in [-0.39, 0.29) is 6.04 Å². The third-order valence-electron chi connectivity index (χ3n) is 2.04. The third kappa shape index (κ3) is 2.14. The Balaban J connectivity index is 2.29. The highest BCUT2D eigenvalue weighted by atomic mass is 32.1. The Hall–Kier alpha value is -1.46. The molecule has 2 aromatic rings. The van der Waals surface area contributed by atoms with Crippen LogP contribution in [0.3, 0.4) is 0 Å². The number of methoxy groups -OCH3 is 1. The topological polar surface area (TPSA) is 61.0 Å². The molecule has 0 saturated carbocycles. The fraction of sp³-hybridized carbons (Fsp3) is 0.200. The SMILES string of the molecule is COc1cc(C(N)c2cccs2)ncn1. The molecule has 1 unspecified atom stereocenters. The fourth-order valence-corrected chi connectivity index (χ4v) is 1.99. The zero-order chi connectivity index (χ0) is 10.7. The van der Waals surface area contributed by atoms with E-state index >= 15 is 0 Å². The molecule has 0 aliphatic heterocycles. The molecule has 0 aliphatic carbocycles. The molecule has 0 aliphatic rings. The van der Waals surface area contributed by atoms with Crippen LogP contribution < -0.4 is 10.5 Å². The molecule has 0 radical (unpaired) electrons. The van der Waals surface area contributed by atoms with Crippen LogP contribution in [0.15, 0.2) is 29.9 Å². The van der Waals surface area contributed by atoms with Crippen LogP contribution in [0.25, 0.3) is 0 Å². The summed E-state index contributed by atoms with van der Waals surface area (Å²) >= 11 is 1.61. The maximum absolute atomic E-state index is 6.05. The number of nitrogens with two attached hydrogens (primary N) is 1. The highest BCUT2D eigenvalue weighted by Gasteiger charge is 2.12. The lowest BCUT2D eigenvalue weighted by atomic mass is 10.2. The molecule has 0 fully saturated rings. The average Bonchev–Trinajstić information content (AvgIpc) is 2.81. The van der Waals surface area contributed by atoms with Gasteiger partial charge in [-0.15, -0.1) is 11.3 Å². The van der Waals surface area contributed by atoms with E-state index in [1.165, 1.54) is 6.33 Å². The van der Waals surface area contributed by atoms with Gasteiger partial charge in [0.05, 0.1) is 18.8 Å². The minimum absolute atomic E-state index is 0.207. The van der Waals surface area contributed by atoms with Gasteiger partial charge in [-0.1, -0.05) is 6.07 Å². The van der Waals surface area contributed by atoms with Crippen molar-refractivity contribution in [2.75, 3.05) is 7.11 Å². The lowest BCUT2D eigenvalue weighted by Crippen LogP contribution is -2.12. The van der Waals surface area contributed by atoms with Gasteiger partial charge >= 0.3 is 0 Å². The fourth-order valence-electron chi connectivity index (χ4n) is 1.25. The van der Waals surface area contributed by atoms with E-state index in [1.807, 2.05) is 17.5 Å². The normalized spacial score (nSPS) is 12.4. The molecule has 0 spiro atoms. The first-order chi connectivity index (χ1) is 7.31. The largest absolute Gasteiger partial charge is 0.481 e. The van der Waals surface area contributed by atoms with E-state index in [4.69, 9.17) is 10.5 Å². The van der Waals surface area contributed by atoms with Crippen LogP contribution in [0.1, 0.15) is 16.6 Å². The lowest BCUT2D eigenvalue weighted by molar-refractivity contribution is 0.395. The molecule has 0 amide bonds. The Labute approximate surface area is 91.8 Å². The monoisotopic (exact) mass is 221 g/mol.